The van der Waals surface area contributed by atoms with E-state index in [2.05, 4.69) is 4.72 Å². The molecule has 2 aromatic carbocycles. The standard InChI is InChI=1S/C18H19FN2O3S/c1-12-3-8-16(11-13(12)2)25(23,24)20-17-9-10-21(18(17)22)15-6-4-14(19)5-7-15/h3-8,11,17,20H,9-10H2,1-2H3. The molecule has 25 heavy (non-hydrogen) atoms. The Balaban J connectivity index is 1.78. The van der Waals surface area contributed by atoms with Crippen LogP contribution in [0.5, 0.6) is 0 Å². The fraction of sp³-hybridized carbons (Fsp3) is 0.278. The van der Waals surface area contributed by atoms with Crippen LogP contribution in [0.4, 0.5) is 10.1 Å². The summed E-state index contributed by atoms with van der Waals surface area (Å²) < 4.78 is 40.6. The normalized spacial score (nSPS) is 18.0. The number of hydrogen-bond acceptors (Lipinski definition) is 3. The lowest BCUT2D eigenvalue weighted by atomic mass is 10.1. The third kappa shape index (κ3) is 3.57. The maximum absolute atomic E-state index is 13.0. The van der Waals surface area contributed by atoms with Gasteiger partial charge in [-0.25, -0.2) is 12.8 Å². The van der Waals surface area contributed by atoms with Gasteiger partial charge < -0.3 is 4.90 Å². The number of sulfonamides is 1. The Hall–Kier alpha value is -2.25. The van der Waals surface area contributed by atoms with E-state index in [9.17, 15) is 17.6 Å². The summed E-state index contributed by atoms with van der Waals surface area (Å²) in [6.07, 6.45) is 0.361. The monoisotopic (exact) mass is 362 g/mol. The van der Waals surface area contributed by atoms with E-state index in [4.69, 9.17) is 0 Å². The molecule has 0 bridgehead atoms. The molecule has 1 heterocycles. The van der Waals surface area contributed by atoms with Gasteiger partial charge in [-0.2, -0.15) is 4.72 Å². The highest BCUT2D eigenvalue weighted by molar-refractivity contribution is 7.89. The summed E-state index contributed by atoms with van der Waals surface area (Å²) in [5.74, 6) is -0.721. The summed E-state index contributed by atoms with van der Waals surface area (Å²) in [6.45, 7) is 4.12. The SMILES string of the molecule is Cc1ccc(S(=O)(=O)NC2CCN(c3ccc(F)cc3)C2=O)cc1C. The molecule has 2 aromatic rings. The Labute approximate surface area is 146 Å². The maximum Gasteiger partial charge on any atom is 0.245 e. The molecule has 1 saturated heterocycles. The minimum Gasteiger partial charge on any atom is -0.311 e. The Kier molecular flexibility index (Phi) is 4.62. The highest BCUT2D eigenvalue weighted by Crippen LogP contribution is 2.23. The zero-order valence-corrected chi connectivity index (χ0v) is 14.8. The van der Waals surface area contributed by atoms with Gasteiger partial charge in [0.15, 0.2) is 0 Å². The fourth-order valence-corrected chi connectivity index (χ4v) is 4.11. The second-order valence-electron chi connectivity index (χ2n) is 6.17. The number of carbonyl (C=O) groups excluding carboxylic acids is 1. The first-order valence-corrected chi connectivity index (χ1v) is 9.43. The zero-order chi connectivity index (χ0) is 18.2. The van der Waals surface area contributed by atoms with Crippen LogP contribution in [0.15, 0.2) is 47.4 Å². The van der Waals surface area contributed by atoms with Crippen molar-refractivity contribution in [3.63, 3.8) is 0 Å². The summed E-state index contributed by atoms with van der Waals surface area (Å²) in [4.78, 5) is 14.1. The average Bonchev–Trinajstić information content (AvgIpc) is 2.91. The van der Waals surface area contributed by atoms with Crippen molar-refractivity contribution in [1.82, 2.24) is 4.72 Å². The quantitative estimate of drug-likeness (QED) is 0.909. The molecule has 3 rings (SSSR count). The lowest BCUT2D eigenvalue weighted by molar-refractivity contribution is -0.118. The predicted octanol–water partition coefficient (Wildman–Crippen LogP) is 2.53. The number of halogens is 1. The topological polar surface area (TPSA) is 66.5 Å². The molecular weight excluding hydrogens is 343 g/mol. The molecule has 0 aromatic heterocycles. The van der Waals surface area contributed by atoms with Crippen LogP contribution >= 0.6 is 0 Å². The number of nitrogens with zero attached hydrogens (tertiary/aromatic N) is 1. The van der Waals surface area contributed by atoms with Crippen molar-refractivity contribution in [1.29, 1.82) is 0 Å². The van der Waals surface area contributed by atoms with Gasteiger partial charge in [0.2, 0.25) is 15.9 Å². The van der Waals surface area contributed by atoms with Gasteiger partial charge in [-0.3, -0.25) is 4.79 Å². The molecule has 132 valence electrons. The third-order valence-electron chi connectivity index (χ3n) is 4.43. The Bertz CT molecular complexity index is 910. The number of hydrogen-bond donors (Lipinski definition) is 1. The molecule has 1 aliphatic rings. The summed E-state index contributed by atoms with van der Waals surface area (Å²) in [6, 6.07) is 9.60. The van der Waals surface area contributed by atoms with E-state index < -0.39 is 16.1 Å². The Morgan fingerprint density at radius 3 is 2.40 bits per heavy atom. The van der Waals surface area contributed by atoms with E-state index in [1.807, 2.05) is 13.8 Å². The number of carbonyl (C=O) groups is 1. The van der Waals surface area contributed by atoms with Crippen LogP contribution in [0, 0.1) is 19.7 Å². The number of anilines is 1. The van der Waals surface area contributed by atoms with Crippen LogP contribution in [0.2, 0.25) is 0 Å². The van der Waals surface area contributed by atoms with Crippen molar-refractivity contribution in [2.24, 2.45) is 0 Å². The van der Waals surface area contributed by atoms with E-state index in [1.54, 1.807) is 12.1 Å². The van der Waals surface area contributed by atoms with Crippen LogP contribution in [0.1, 0.15) is 17.5 Å². The molecule has 1 fully saturated rings. The van der Waals surface area contributed by atoms with Crippen LogP contribution in [-0.2, 0) is 14.8 Å². The van der Waals surface area contributed by atoms with E-state index >= 15 is 0 Å². The van der Waals surface area contributed by atoms with Crippen molar-refractivity contribution in [2.75, 3.05) is 11.4 Å². The molecule has 1 atom stereocenters. The number of benzene rings is 2. The zero-order valence-electron chi connectivity index (χ0n) is 14.0. The molecule has 0 radical (unpaired) electrons. The molecule has 5 nitrogen and oxygen atoms in total. The van der Waals surface area contributed by atoms with Crippen molar-refractivity contribution < 1.29 is 17.6 Å². The lowest BCUT2D eigenvalue weighted by Gasteiger charge is -2.17. The molecule has 1 N–H and O–H groups in total. The van der Waals surface area contributed by atoms with Crippen LogP contribution < -0.4 is 9.62 Å². The molecule has 1 amide bonds. The summed E-state index contributed by atoms with van der Waals surface area (Å²) >= 11 is 0. The molecule has 1 aliphatic heterocycles. The molecular formula is C18H19FN2O3S. The van der Waals surface area contributed by atoms with Gasteiger partial charge in [-0.1, -0.05) is 6.07 Å². The van der Waals surface area contributed by atoms with E-state index in [-0.39, 0.29) is 16.6 Å². The summed E-state index contributed by atoms with van der Waals surface area (Å²) in [5.41, 5.74) is 2.42. The maximum atomic E-state index is 13.0. The van der Waals surface area contributed by atoms with Gasteiger partial charge in [-0.05, 0) is 67.8 Å². The van der Waals surface area contributed by atoms with E-state index in [0.717, 1.165) is 11.1 Å². The number of amides is 1. The minimum absolute atomic E-state index is 0.142. The Morgan fingerprint density at radius 1 is 1.08 bits per heavy atom. The molecule has 0 aliphatic carbocycles. The molecule has 1 unspecified atom stereocenters. The van der Waals surface area contributed by atoms with Crippen LogP contribution in [0.25, 0.3) is 0 Å². The predicted molar refractivity (Wildman–Crippen MR) is 93.4 cm³/mol. The van der Waals surface area contributed by atoms with Gasteiger partial charge in [0.05, 0.1) is 4.90 Å². The largest absolute Gasteiger partial charge is 0.311 e. The van der Waals surface area contributed by atoms with E-state index in [1.165, 1.54) is 35.2 Å². The average molecular weight is 362 g/mol. The van der Waals surface area contributed by atoms with Crippen molar-refractivity contribution in [2.45, 2.75) is 31.2 Å². The number of nitrogens with one attached hydrogen (secondary N) is 1. The smallest absolute Gasteiger partial charge is 0.245 e. The van der Waals surface area contributed by atoms with Crippen molar-refractivity contribution in [3.8, 4) is 0 Å². The molecule has 7 heteroatoms. The van der Waals surface area contributed by atoms with Gasteiger partial charge in [0.1, 0.15) is 11.9 Å². The van der Waals surface area contributed by atoms with Gasteiger partial charge >= 0.3 is 0 Å². The first kappa shape index (κ1) is 17.6. The highest BCUT2D eigenvalue weighted by Gasteiger charge is 2.35. The first-order valence-electron chi connectivity index (χ1n) is 7.94. The number of aryl methyl sites for hydroxylation is 2. The van der Waals surface area contributed by atoms with Crippen LogP contribution in [0.3, 0.4) is 0 Å². The Morgan fingerprint density at radius 2 is 1.76 bits per heavy atom. The van der Waals surface area contributed by atoms with E-state index in [0.29, 0.717) is 18.7 Å². The fourth-order valence-electron chi connectivity index (χ4n) is 2.80. The van der Waals surface area contributed by atoms with Crippen LogP contribution in [-0.4, -0.2) is 26.9 Å². The van der Waals surface area contributed by atoms with Gasteiger partial charge in [0.25, 0.3) is 0 Å². The van der Waals surface area contributed by atoms with Crippen molar-refractivity contribution in [3.05, 3.63) is 59.4 Å². The molecule has 0 spiro atoms. The van der Waals surface area contributed by atoms with Gasteiger partial charge in [0, 0.05) is 12.2 Å². The third-order valence-corrected chi connectivity index (χ3v) is 5.90. The van der Waals surface area contributed by atoms with Crippen molar-refractivity contribution >= 4 is 21.6 Å². The second kappa shape index (κ2) is 6.57. The second-order valence-corrected chi connectivity index (χ2v) is 7.89. The van der Waals surface area contributed by atoms with Gasteiger partial charge in [-0.15, -0.1) is 0 Å². The summed E-state index contributed by atoms with van der Waals surface area (Å²) in [5, 5.41) is 0. The lowest BCUT2D eigenvalue weighted by Crippen LogP contribution is -2.41. The number of rotatable bonds is 4. The summed E-state index contributed by atoms with van der Waals surface area (Å²) in [7, 11) is -3.79. The first-order chi connectivity index (χ1) is 11.8. The highest BCUT2D eigenvalue weighted by atomic mass is 32.2. The molecule has 0 saturated carbocycles. The minimum atomic E-state index is -3.79.